The van der Waals surface area contributed by atoms with Crippen molar-refractivity contribution >= 4 is 5.69 Å². The first-order chi connectivity index (χ1) is 9.47. The third-order valence-corrected chi connectivity index (χ3v) is 3.43. The number of anilines is 1. The molecule has 106 valence electrons. The molecule has 0 saturated carbocycles. The van der Waals surface area contributed by atoms with E-state index >= 15 is 0 Å². The lowest BCUT2D eigenvalue weighted by Crippen LogP contribution is -2.13. The molecule has 0 saturated heterocycles. The number of hydrogen-bond acceptors (Lipinski definition) is 2. The van der Waals surface area contributed by atoms with E-state index in [4.69, 9.17) is 0 Å². The highest BCUT2D eigenvalue weighted by atomic mass is 16.3. The van der Waals surface area contributed by atoms with Crippen molar-refractivity contribution < 1.29 is 5.11 Å². The standard InChI is InChI=1S/C18H23NO/c1-18(2,3)15-9-11-16(12-10-15)19-13-17(20)14-7-5-4-6-8-14/h4-12,17,19-20H,13H2,1-3H3. The second-order valence-electron chi connectivity index (χ2n) is 6.13. The fraction of sp³-hybridized carbons (Fsp3) is 0.333. The molecule has 1 atom stereocenters. The molecule has 2 aromatic carbocycles. The molecule has 2 N–H and O–H groups in total. The number of nitrogens with one attached hydrogen (secondary N) is 1. The van der Waals surface area contributed by atoms with Crippen molar-refractivity contribution in [3.63, 3.8) is 0 Å². The van der Waals surface area contributed by atoms with Crippen LogP contribution in [0.2, 0.25) is 0 Å². The first kappa shape index (κ1) is 14.6. The summed E-state index contributed by atoms with van der Waals surface area (Å²) in [6, 6.07) is 18.1. The predicted octanol–water partition coefficient (Wildman–Crippen LogP) is 4.13. The molecule has 0 spiro atoms. The number of aliphatic hydroxyl groups is 1. The Morgan fingerprint density at radius 1 is 0.950 bits per heavy atom. The van der Waals surface area contributed by atoms with Gasteiger partial charge in [0.25, 0.3) is 0 Å². The largest absolute Gasteiger partial charge is 0.387 e. The highest BCUT2D eigenvalue weighted by Gasteiger charge is 2.13. The second kappa shape index (κ2) is 6.10. The summed E-state index contributed by atoms with van der Waals surface area (Å²) in [7, 11) is 0. The van der Waals surface area contributed by atoms with Crippen molar-refractivity contribution in [2.75, 3.05) is 11.9 Å². The van der Waals surface area contributed by atoms with Gasteiger partial charge in [-0.25, -0.2) is 0 Å². The van der Waals surface area contributed by atoms with E-state index in [2.05, 4.69) is 50.4 Å². The molecule has 1 unspecified atom stereocenters. The Hall–Kier alpha value is -1.80. The van der Waals surface area contributed by atoms with E-state index < -0.39 is 6.10 Å². The summed E-state index contributed by atoms with van der Waals surface area (Å²) in [6.07, 6.45) is -0.488. The quantitative estimate of drug-likeness (QED) is 0.874. The average molecular weight is 269 g/mol. The normalized spacial score (nSPS) is 13.0. The van der Waals surface area contributed by atoms with Crippen molar-refractivity contribution in [1.82, 2.24) is 0 Å². The average Bonchev–Trinajstić information content (AvgIpc) is 2.45. The third-order valence-electron chi connectivity index (χ3n) is 3.43. The molecule has 0 radical (unpaired) electrons. The zero-order chi connectivity index (χ0) is 14.6. The van der Waals surface area contributed by atoms with E-state index in [1.54, 1.807) is 0 Å². The molecule has 0 amide bonds. The first-order valence-electron chi connectivity index (χ1n) is 7.04. The molecule has 0 aliphatic rings. The van der Waals surface area contributed by atoms with Crippen LogP contribution in [-0.2, 0) is 5.41 Å². The van der Waals surface area contributed by atoms with Gasteiger partial charge in [-0.05, 0) is 28.7 Å². The molecular formula is C18H23NO. The second-order valence-corrected chi connectivity index (χ2v) is 6.13. The van der Waals surface area contributed by atoms with Crippen LogP contribution in [0.3, 0.4) is 0 Å². The van der Waals surface area contributed by atoms with Gasteiger partial charge in [-0.2, -0.15) is 0 Å². The molecule has 0 aromatic heterocycles. The van der Waals surface area contributed by atoms with Gasteiger partial charge in [0.2, 0.25) is 0 Å². The minimum Gasteiger partial charge on any atom is -0.387 e. The Bertz CT molecular complexity index is 526. The van der Waals surface area contributed by atoms with Crippen molar-refractivity contribution in [3.8, 4) is 0 Å². The summed E-state index contributed by atoms with van der Waals surface area (Å²) in [4.78, 5) is 0. The maximum absolute atomic E-state index is 10.1. The van der Waals surface area contributed by atoms with E-state index in [1.165, 1.54) is 5.56 Å². The Morgan fingerprint density at radius 2 is 1.55 bits per heavy atom. The number of aliphatic hydroxyl groups excluding tert-OH is 1. The topological polar surface area (TPSA) is 32.3 Å². The predicted molar refractivity (Wildman–Crippen MR) is 85.0 cm³/mol. The summed E-state index contributed by atoms with van der Waals surface area (Å²) in [5.74, 6) is 0. The number of rotatable bonds is 4. The molecule has 0 aliphatic heterocycles. The molecule has 2 aromatic rings. The first-order valence-corrected chi connectivity index (χ1v) is 7.04. The van der Waals surface area contributed by atoms with Crippen LogP contribution < -0.4 is 5.32 Å². The zero-order valence-electron chi connectivity index (χ0n) is 12.4. The Morgan fingerprint density at radius 3 is 2.10 bits per heavy atom. The lowest BCUT2D eigenvalue weighted by atomic mass is 9.87. The van der Waals surface area contributed by atoms with Crippen LogP contribution in [-0.4, -0.2) is 11.7 Å². The van der Waals surface area contributed by atoms with Gasteiger partial charge in [0.1, 0.15) is 0 Å². The van der Waals surface area contributed by atoms with Crippen LogP contribution >= 0.6 is 0 Å². The fourth-order valence-corrected chi connectivity index (χ4v) is 2.10. The monoisotopic (exact) mass is 269 g/mol. The molecule has 20 heavy (non-hydrogen) atoms. The van der Waals surface area contributed by atoms with E-state index in [-0.39, 0.29) is 5.41 Å². The molecule has 0 heterocycles. The van der Waals surface area contributed by atoms with Gasteiger partial charge in [0, 0.05) is 12.2 Å². The lowest BCUT2D eigenvalue weighted by molar-refractivity contribution is 0.191. The summed E-state index contributed by atoms with van der Waals surface area (Å²) >= 11 is 0. The van der Waals surface area contributed by atoms with Crippen molar-refractivity contribution in [3.05, 3.63) is 65.7 Å². The summed E-state index contributed by atoms with van der Waals surface area (Å²) < 4.78 is 0. The summed E-state index contributed by atoms with van der Waals surface area (Å²) in [5.41, 5.74) is 3.45. The number of hydrogen-bond donors (Lipinski definition) is 2. The third kappa shape index (κ3) is 3.84. The van der Waals surface area contributed by atoms with Crippen molar-refractivity contribution in [2.24, 2.45) is 0 Å². The van der Waals surface area contributed by atoms with Gasteiger partial charge in [0.15, 0.2) is 0 Å². The molecule has 2 nitrogen and oxygen atoms in total. The van der Waals surface area contributed by atoms with Gasteiger partial charge < -0.3 is 10.4 Å². The van der Waals surface area contributed by atoms with Gasteiger partial charge in [-0.3, -0.25) is 0 Å². The van der Waals surface area contributed by atoms with Gasteiger partial charge in [-0.1, -0.05) is 63.2 Å². The molecule has 2 heteroatoms. The van der Waals surface area contributed by atoms with Crippen molar-refractivity contribution in [2.45, 2.75) is 32.3 Å². The van der Waals surface area contributed by atoms with E-state index in [9.17, 15) is 5.11 Å². The fourth-order valence-electron chi connectivity index (χ4n) is 2.10. The van der Waals surface area contributed by atoms with Gasteiger partial charge in [0.05, 0.1) is 6.10 Å². The van der Waals surface area contributed by atoms with Crippen LogP contribution in [0, 0.1) is 0 Å². The smallest absolute Gasteiger partial charge is 0.0962 e. The van der Waals surface area contributed by atoms with Crippen LogP contribution in [0.25, 0.3) is 0 Å². The van der Waals surface area contributed by atoms with E-state index in [1.807, 2.05) is 30.3 Å². The minimum absolute atomic E-state index is 0.169. The van der Waals surface area contributed by atoms with Gasteiger partial charge >= 0.3 is 0 Å². The maximum Gasteiger partial charge on any atom is 0.0962 e. The Labute approximate surface area is 121 Å². The van der Waals surface area contributed by atoms with E-state index in [0.29, 0.717) is 6.54 Å². The minimum atomic E-state index is -0.488. The highest BCUT2D eigenvalue weighted by Crippen LogP contribution is 2.23. The lowest BCUT2D eigenvalue weighted by Gasteiger charge is -2.19. The summed E-state index contributed by atoms with van der Waals surface area (Å²) in [5, 5.41) is 13.4. The van der Waals surface area contributed by atoms with Gasteiger partial charge in [-0.15, -0.1) is 0 Å². The SMILES string of the molecule is CC(C)(C)c1ccc(NCC(O)c2ccccc2)cc1. The highest BCUT2D eigenvalue weighted by molar-refractivity contribution is 5.46. The van der Waals surface area contributed by atoms with Crippen LogP contribution in [0.1, 0.15) is 38.0 Å². The van der Waals surface area contributed by atoms with E-state index in [0.717, 1.165) is 11.3 Å². The molecule has 0 aliphatic carbocycles. The van der Waals surface area contributed by atoms with Crippen LogP contribution in [0.4, 0.5) is 5.69 Å². The Kier molecular flexibility index (Phi) is 4.46. The molecule has 0 bridgehead atoms. The number of benzene rings is 2. The molecule has 2 rings (SSSR count). The molecule has 0 fully saturated rings. The van der Waals surface area contributed by atoms with Crippen LogP contribution in [0.15, 0.2) is 54.6 Å². The maximum atomic E-state index is 10.1. The summed E-state index contributed by atoms with van der Waals surface area (Å²) in [6.45, 7) is 7.12. The Balaban J connectivity index is 1.94. The van der Waals surface area contributed by atoms with Crippen LogP contribution in [0.5, 0.6) is 0 Å². The molecular weight excluding hydrogens is 246 g/mol. The zero-order valence-corrected chi connectivity index (χ0v) is 12.4. The van der Waals surface area contributed by atoms with Crippen molar-refractivity contribution in [1.29, 1.82) is 0 Å².